The molecular formula is C15H18N6O. The van der Waals surface area contributed by atoms with Crippen LogP contribution in [-0.2, 0) is 6.54 Å². The summed E-state index contributed by atoms with van der Waals surface area (Å²) in [6, 6.07) is 8.57. The number of anilines is 1. The van der Waals surface area contributed by atoms with E-state index in [0.717, 1.165) is 29.9 Å². The van der Waals surface area contributed by atoms with Crippen molar-refractivity contribution in [3.05, 3.63) is 24.3 Å². The summed E-state index contributed by atoms with van der Waals surface area (Å²) >= 11 is 0. The Labute approximate surface area is 127 Å². The minimum absolute atomic E-state index is 0.274. The molecular weight excluding hydrogens is 280 g/mol. The minimum atomic E-state index is 0.274. The van der Waals surface area contributed by atoms with E-state index in [2.05, 4.69) is 37.9 Å². The summed E-state index contributed by atoms with van der Waals surface area (Å²) in [7, 11) is 2.17. The number of fused-ring (bicyclic) bond motifs is 1. The lowest BCUT2D eigenvalue weighted by molar-refractivity contribution is 0.284. The second kappa shape index (κ2) is 5.10. The zero-order valence-electron chi connectivity index (χ0n) is 12.4. The number of rotatable bonds is 3. The van der Waals surface area contributed by atoms with Gasteiger partial charge in [0.2, 0.25) is 0 Å². The Balaban J connectivity index is 1.85. The fourth-order valence-corrected chi connectivity index (χ4v) is 3.21. The average molecular weight is 298 g/mol. The zero-order valence-corrected chi connectivity index (χ0v) is 12.4. The van der Waals surface area contributed by atoms with E-state index in [9.17, 15) is 0 Å². The first-order valence-electron chi connectivity index (χ1n) is 7.48. The monoisotopic (exact) mass is 298 g/mol. The molecule has 1 atom stereocenters. The normalized spacial score (nSPS) is 19.2. The molecule has 1 fully saturated rings. The van der Waals surface area contributed by atoms with Crippen molar-refractivity contribution in [1.82, 2.24) is 24.8 Å². The summed E-state index contributed by atoms with van der Waals surface area (Å²) in [5.74, 6) is 0.997. The number of likely N-dealkylation sites (tertiary alicyclic amines) is 1. The molecule has 2 aromatic heterocycles. The van der Waals surface area contributed by atoms with Crippen LogP contribution < -0.4 is 5.73 Å². The van der Waals surface area contributed by atoms with Gasteiger partial charge >= 0.3 is 0 Å². The van der Waals surface area contributed by atoms with Crippen molar-refractivity contribution in [1.29, 1.82) is 0 Å². The number of nitrogens with zero attached hydrogens (tertiary/aromatic N) is 5. The molecule has 0 amide bonds. The van der Waals surface area contributed by atoms with Crippen molar-refractivity contribution >= 4 is 16.9 Å². The molecule has 7 nitrogen and oxygen atoms in total. The van der Waals surface area contributed by atoms with Crippen LogP contribution in [0.15, 0.2) is 28.9 Å². The van der Waals surface area contributed by atoms with Gasteiger partial charge in [-0.05, 0) is 48.9 Å². The molecule has 1 unspecified atom stereocenters. The number of hydrogen-bond donors (Lipinski definition) is 1. The van der Waals surface area contributed by atoms with E-state index in [4.69, 9.17) is 10.4 Å². The number of nitrogen functional groups attached to an aromatic ring is 1. The molecule has 4 rings (SSSR count). The lowest BCUT2D eigenvalue weighted by Gasteiger charge is -2.21. The van der Waals surface area contributed by atoms with Gasteiger partial charge in [0, 0.05) is 12.6 Å². The van der Waals surface area contributed by atoms with Crippen molar-refractivity contribution in [2.45, 2.75) is 25.4 Å². The Morgan fingerprint density at radius 2 is 2.18 bits per heavy atom. The van der Waals surface area contributed by atoms with E-state index in [1.165, 1.54) is 12.8 Å². The van der Waals surface area contributed by atoms with Crippen LogP contribution in [0.4, 0.5) is 5.82 Å². The summed E-state index contributed by atoms with van der Waals surface area (Å²) in [6.07, 6.45) is 2.42. The fourth-order valence-electron chi connectivity index (χ4n) is 3.21. The number of hydrogen-bond acceptors (Lipinski definition) is 6. The summed E-state index contributed by atoms with van der Waals surface area (Å²) in [6.45, 7) is 2.00. The van der Waals surface area contributed by atoms with Crippen LogP contribution in [0.1, 0.15) is 12.8 Å². The molecule has 0 radical (unpaired) electrons. The van der Waals surface area contributed by atoms with Crippen LogP contribution in [-0.4, -0.2) is 44.4 Å². The Hall–Kier alpha value is -2.41. The smallest absolute Gasteiger partial charge is 0.199 e. The summed E-state index contributed by atoms with van der Waals surface area (Å²) in [4.78, 5) is 7.08. The van der Waals surface area contributed by atoms with Gasteiger partial charge < -0.3 is 15.2 Å². The predicted octanol–water partition coefficient (Wildman–Crippen LogP) is 1.76. The van der Waals surface area contributed by atoms with Crippen molar-refractivity contribution < 1.29 is 4.63 Å². The number of benzene rings is 1. The summed E-state index contributed by atoms with van der Waals surface area (Å²) < 4.78 is 6.93. The molecule has 1 aromatic carbocycles. The molecule has 0 aliphatic carbocycles. The average Bonchev–Trinajstić information content (AvgIpc) is 3.20. The van der Waals surface area contributed by atoms with Crippen molar-refractivity contribution in [2.24, 2.45) is 0 Å². The van der Waals surface area contributed by atoms with Gasteiger partial charge in [-0.25, -0.2) is 9.61 Å². The topological polar surface area (TPSA) is 86.0 Å². The quantitative estimate of drug-likeness (QED) is 0.793. The number of imidazole rings is 1. The molecule has 2 N–H and O–H groups in total. The molecule has 22 heavy (non-hydrogen) atoms. The van der Waals surface area contributed by atoms with Gasteiger partial charge in [-0.1, -0.05) is 12.1 Å². The second-order valence-electron chi connectivity index (χ2n) is 5.81. The van der Waals surface area contributed by atoms with Gasteiger partial charge in [0.05, 0.1) is 11.0 Å². The van der Waals surface area contributed by atoms with Crippen molar-refractivity contribution in [3.63, 3.8) is 0 Å². The lowest BCUT2D eigenvalue weighted by Crippen LogP contribution is -2.29. The first-order valence-corrected chi connectivity index (χ1v) is 7.48. The Bertz CT molecular complexity index is 807. The standard InChI is InChI=1S/C15H18N6O/c1-20-8-4-5-10(20)9-21-12-7-3-2-6-11(12)17-15(21)13-14(16)19-22-18-13/h2-3,6-7,10H,4-5,8-9H2,1H3,(H2,16,19). The highest BCUT2D eigenvalue weighted by Gasteiger charge is 2.25. The molecule has 0 saturated carbocycles. The third-order valence-electron chi connectivity index (χ3n) is 4.45. The van der Waals surface area contributed by atoms with Crippen molar-refractivity contribution in [2.75, 3.05) is 19.3 Å². The van der Waals surface area contributed by atoms with E-state index in [0.29, 0.717) is 11.7 Å². The number of aromatic nitrogens is 4. The molecule has 0 bridgehead atoms. The van der Waals surface area contributed by atoms with E-state index < -0.39 is 0 Å². The highest BCUT2D eigenvalue weighted by Crippen LogP contribution is 2.28. The lowest BCUT2D eigenvalue weighted by atomic mass is 10.2. The fraction of sp³-hybridized carbons (Fsp3) is 0.400. The molecule has 3 heterocycles. The van der Waals surface area contributed by atoms with Crippen LogP contribution in [0.25, 0.3) is 22.6 Å². The Morgan fingerprint density at radius 1 is 1.32 bits per heavy atom. The molecule has 1 aliphatic rings. The molecule has 0 spiro atoms. The van der Waals surface area contributed by atoms with Crippen LogP contribution in [0.2, 0.25) is 0 Å². The van der Waals surface area contributed by atoms with Gasteiger partial charge in [0.1, 0.15) is 0 Å². The molecule has 114 valence electrons. The highest BCUT2D eigenvalue weighted by molar-refractivity contribution is 5.81. The summed E-state index contributed by atoms with van der Waals surface area (Å²) in [5.41, 5.74) is 8.39. The van der Waals surface area contributed by atoms with Gasteiger partial charge in [-0.3, -0.25) is 0 Å². The Kier molecular flexibility index (Phi) is 3.07. The van der Waals surface area contributed by atoms with Gasteiger partial charge in [-0.2, -0.15) is 0 Å². The number of para-hydroxylation sites is 2. The first-order chi connectivity index (χ1) is 10.7. The summed E-state index contributed by atoms with van der Waals surface area (Å²) in [5, 5.41) is 7.61. The highest BCUT2D eigenvalue weighted by atomic mass is 16.6. The number of nitrogens with two attached hydrogens (primary N) is 1. The van der Waals surface area contributed by atoms with E-state index >= 15 is 0 Å². The SMILES string of the molecule is CN1CCCC1Cn1c(-c2nonc2N)nc2ccccc21. The van der Waals surface area contributed by atoms with E-state index in [1.807, 2.05) is 18.2 Å². The molecule has 3 aromatic rings. The third kappa shape index (κ3) is 2.05. The van der Waals surface area contributed by atoms with Crippen molar-refractivity contribution in [3.8, 4) is 11.5 Å². The molecule has 7 heteroatoms. The number of likely N-dealkylation sites (N-methyl/N-ethyl adjacent to an activating group) is 1. The minimum Gasteiger partial charge on any atom is -0.379 e. The van der Waals surface area contributed by atoms with Gasteiger partial charge in [0.25, 0.3) is 0 Å². The van der Waals surface area contributed by atoms with Crippen LogP contribution in [0, 0.1) is 0 Å². The maximum absolute atomic E-state index is 5.87. The van der Waals surface area contributed by atoms with E-state index in [-0.39, 0.29) is 5.82 Å². The molecule has 1 saturated heterocycles. The zero-order chi connectivity index (χ0) is 15.1. The Morgan fingerprint density at radius 3 is 2.91 bits per heavy atom. The van der Waals surface area contributed by atoms with Crippen LogP contribution in [0.5, 0.6) is 0 Å². The van der Waals surface area contributed by atoms with Gasteiger partial charge in [0.15, 0.2) is 17.3 Å². The van der Waals surface area contributed by atoms with Crippen LogP contribution in [0.3, 0.4) is 0 Å². The maximum Gasteiger partial charge on any atom is 0.199 e. The largest absolute Gasteiger partial charge is 0.379 e. The van der Waals surface area contributed by atoms with Gasteiger partial charge in [-0.15, -0.1) is 0 Å². The third-order valence-corrected chi connectivity index (χ3v) is 4.45. The second-order valence-corrected chi connectivity index (χ2v) is 5.81. The van der Waals surface area contributed by atoms with E-state index in [1.54, 1.807) is 0 Å². The van der Waals surface area contributed by atoms with Crippen LogP contribution >= 0.6 is 0 Å². The maximum atomic E-state index is 5.87. The predicted molar refractivity (Wildman–Crippen MR) is 83.1 cm³/mol. The first kappa shape index (κ1) is 13.3. The molecule has 1 aliphatic heterocycles.